The third kappa shape index (κ3) is 2.16. The summed E-state index contributed by atoms with van der Waals surface area (Å²) in [4.78, 5) is 24.4. The number of rotatable bonds is 2. The molecule has 1 fully saturated rings. The van der Waals surface area contributed by atoms with Gasteiger partial charge in [0, 0.05) is 12.2 Å². The van der Waals surface area contributed by atoms with Crippen molar-refractivity contribution in [2.75, 3.05) is 11.4 Å². The van der Waals surface area contributed by atoms with Crippen LogP contribution in [0.2, 0.25) is 0 Å². The van der Waals surface area contributed by atoms with Gasteiger partial charge in [-0.3, -0.25) is 9.59 Å². The number of benzene rings is 1. The predicted molar refractivity (Wildman–Crippen MR) is 64.0 cm³/mol. The van der Waals surface area contributed by atoms with Gasteiger partial charge in [-0.25, -0.2) is 0 Å². The molecule has 1 N–H and O–H groups in total. The highest BCUT2D eigenvalue weighted by molar-refractivity contribution is 6.07. The van der Waals surface area contributed by atoms with E-state index in [1.165, 1.54) is 0 Å². The zero-order chi connectivity index (χ0) is 12.6. The maximum atomic E-state index is 11.9. The molecule has 4 nitrogen and oxygen atoms in total. The van der Waals surface area contributed by atoms with Gasteiger partial charge >= 0.3 is 5.97 Å². The fourth-order valence-electron chi connectivity index (χ4n) is 2.27. The van der Waals surface area contributed by atoms with E-state index in [9.17, 15) is 9.59 Å². The molecule has 0 spiro atoms. The molecular weight excluding hydrogens is 218 g/mol. The first-order chi connectivity index (χ1) is 7.99. The van der Waals surface area contributed by atoms with E-state index in [2.05, 4.69) is 0 Å². The number of carbonyl (C=O) groups excluding carboxylic acids is 1. The summed E-state index contributed by atoms with van der Waals surface area (Å²) in [7, 11) is 0. The van der Waals surface area contributed by atoms with Crippen molar-refractivity contribution in [1.29, 1.82) is 0 Å². The van der Waals surface area contributed by atoms with Crippen LogP contribution < -0.4 is 4.90 Å². The minimum Gasteiger partial charge on any atom is -0.481 e. The summed E-state index contributed by atoms with van der Waals surface area (Å²) < 4.78 is 0. The van der Waals surface area contributed by atoms with Gasteiger partial charge in [0.1, 0.15) is 5.92 Å². The summed E-state index contributed by atoms with van der Waals surface area (Å²) in [5, 5.41) is 8.91. The Labute approximate surface area is 99.9 Å². The Morgan fingerprint density at radius 2 is 1.88 bits per heavy atom. The predicted octanol–water partition coefficient (Wildman–Crippen LogP) is 1.74. The number of carboxylic acid groups (broad SMARTS) is 1. The van der Waals surface area contributed by atoms with E-state index >= 15 is 0 Å². The number of carboxylic acids is 1. The molecule has 0 unspecified atom stereocenters. The summed E-state index contributed by atoms with van der Waals surface area (Å²) in [6.45, 7) is 4.41. The van der Waals surface area contributed by atoms with Gasteiger partial charge in [-0.05, 0) is 43.5 Å². The Kier molecular flexibility index (Phi) is 2.88. The number of nitrogens with zero attached hydrogens (tertiary/aromatic N) is 1. The number of hydrogen-bond acceptors (Lipinski definition) is 2. The van der Waals surface area contributed by atoms with Crippen LogP contribution in [0.5, 0.6) is 0 Å². The zero-order valence-corrected chi connectivity index (χ0v) is 9.93. The maximum absolute atomic E-state index is 11.9. The van der Waals surface area contributed by atoms with Crippen molar-refractivity contribution in [3.05, 3.63) is 29.3 Å². The fourth-order valence-corrected chi connectivity index (χ4v) is 2.27. The molecule has 1 amide bonds. The molecule has 0 bridgehead atoms. The van der Waals surface area contributed by atoms with Crippen LogP contribution in [0.15, 0.2) is 18.2 Å². The highest BCUT2D eigenvalue weighted by atomic mass is 16.4. The van der Waals surface area contributed by atoms with Crippen LogP contribution in [0, 0.1) is 19.8 Å². The molecule has 0 aliphatic carbocycles. The number of amides is 1. The smallest absolute Gasteiger partial charge is 0.316 e. The van der Waals surface area contributed by atoms with Gasteiger partial charge in [0.2, 0.25) is 5.91 Å². The van der Waals surface area contributed by atoms with Gasteiger partial charge in [-0.2, -0.15) is 0 Å². The summed E-state index contributed by atoms with van der Waals surface area (Å²) in [5.74, 6) is -2.21. The average molecular weight is 233 g/mol. The molecule has 1 atom stereocenters. The Morgan fingerprint density at radius 1 is 1.29 bits per heavy atom. The van der Waals surface area contributed by atoms with Crippen LogP contribution in [0.25, 0.3) is 0 Å². The summed E-state index contributed by atoms with van der Waals surface area (Å²) in [6.07, 6.45) is 0.390. The highest BCUT2D eigenvalue weighted by Gasteiger charge is 2.37. The number of aliphatic carboxylic acids is 1. The topological polar surface area (TPSA) is 57.6 Å². The van der Waals surface area contributed by atoms with E-state index in [0.29, 0.717) is 13.0 Å². The normalized spacial score (nSPS) is 19.8. The lowest BCUT2D eigenvalue weighted by molar-refractivity contribution is -0.144. The molecule has 0 saturated carbocycles. The zero-order valence-electron chi connectivity index (χ0n) is 9.93. The van der Waals surface area contributed by atoms with Crippen molar-refractivity contribution < 1.29 is 14.7 Å². The Bertz CT molecular complexity index is 461. The minimum absolute atomic E-state index is 0.303. The molecule has 1 aliphatic rings. The number of carbonyl (C=O) groups is 2. The van der Waals surface area contributed by atoms with E-state index in [4.69, 9.17) is 5.11 Å². The molecule has 0 aromatic heterocycles. The largest absolute Gasteiger partial charge is 0.481 e. The lowest BCUT2D eigenvalue weighted by atomic mass is 10.1. The molecule has 1 saturated heterocycles. The Hall–Kier alpha value is -1.84. The number of hydrogen-bond donors (Lipinski definition) is 1. The quantitative estimate of drug-likeness (QED) is 0.791. The standard InChI is InChI=1S/C13H15NO3/c1-8-5-9(2)7-10(6-8)14-4-3-11(12(14)15)13(16)17/h5-7,11H,3-4H2,1-2H3,(H,16,17)/t11-/m1/s1. The van der Waals surface area contributed by atoms with E-state index in [-0.39, 0.29) is 5.91 Å². The molecule has 17 heavy (non-hydrogen) atoms. The molecule has 1 aliphatic heterocycles. The Morgan fingerprint density at radius 3 is 2.35 bits per heavy atom. The van der Waals surface area contributed by atoms with Crippen molar-refractivity contribution >= 4 is 17.6 Å². The van der Waals surface area contributed by atoms with Crippen molar-refractivity contribution in [2.24, 2.45) is 5.92 Å². The third-order valence-electron chi connectivity index (χ3n) is 3.02. The van der Waals surface area contributed by atoms with Crippen LogP contribution in [0.1, 0.15) is 17.5 Å². The first kappa shape index (κ1) is 11.6. The second kappa shape index (κ2) is 4.20. The first-order valence-corrected chi connectivity index (χ1v) is 5.61. The molecule has 1 aromatic carbocycles. The third-order valence-corrected chi connectivity index (χ3v) is 3.02. The van der Waals surface area contributed by atoms with Crippen LogP contribution in [-0.4, -0.2) is 23.5 Å². The number of aryl methyl sites for hydroxylation is 2. The van der Waals surface area contributed by atoms with Gasteiger partial charge in [0.25, 0.3) is 0 Å². The van der Waals surface area contributed by atoms with Crippen molar-refractivity contribution in [3.63, 3.8) is 0 Å². The van der Waals surface area contributed by atoms with Crippen LogP contribution >= 0.6 is 0 Å². The van der Waals surface area contributed by atoms with Gasteiger partial charge in [-0.15, -0.1) is 0 Å². The molecular formula is C13H15NO3. The van der Waals surface area contributed by atoms with Gasteiger partial charge in [0.15, 0.2) is 0 Å². The maximum Gasteiger partial charge on any atom is 0.316 e. The average Bonchev–Trinajstić information content (AvgIpc) is 2.58. The van der Waals surface area contributed by atoms with Crippen LogP contribution in [0.3, 0.4) is 0 Å². The van der Waals surface area contributed by atoms with Gasteiger partial charge in [-0.1, -0.05) is 6.07 Å². The van der Waals surface area contributed by atoms with Crippen molar-refractivity contribution in [1.82, 2.24) is 0 Å². The molecule has 1 aromatic rings. The molecule has 4 heteroatoms. The summed E-state index contributed by atoms with van der Waals surface area (Å²) in [5.41, 5.74) is 2.95. The van der Waals surface area contributed by atoms with Crippen molar-refractivity contribution in [3.8, 4) is 0 Å². The lowest BCUT2D eigenvalue weighted by Gasteiger charge is -2.17. The number of anilines is 1. The van der Waals surface area contributed by atoms with E-state index in [1.54, 1.807) is 4.90 Å². The lowest BCUT2D eigenvalue weighted by Crippen LogP contribution is -2.30. The minimum atomic E-state index is -1.03. The second-order valence-electron chi connectivity index (χ2n) is 4.52. The van der Waals surface area contributed by atoms with Crippen LogP contribution in [-0.2, 0) is 9.59 Å². The summed E-state index contributed by atoms with van der Waals surface area (Å²) >= 11 is 0. The first-order valence-electron chi connectivity index (χ1n) is 5.61. The molecule has 0 radical (unpaired) electrons. The van der Waals surface area contributed by atoms with Crippen LogP contribution in [0.4, 0.5) is 5.69 Å². The van der Waals surface area contributed by atoms with Crippen molar-refractivity contribution in [2.45, 2.75) is 20.3 Å². The SMILES string of the molecule is Cc1cc(C)cc(N2CC[C@@H](C(=O)O)C2=O)c1. The summed E-state index contributed by atoms with van der Waals surface area (Å²) in [6, 6.07) is 5.85. The van der Waals surface area contributed by atoms with E-state index in [0.717, 1.165) is 16.8 Å². The highest BCUT2D eigenvalue weighted by Crippen LogP contribution is 2.27. The second-order valence-corrected chi connectivity index (χ2v) is 4.52. The van der Waals surface area contributed by atoms with Gasteiger partial charge < -0.3 is 10.0 Å². The molecule has 2 rings (SSSR count). The van der Waals surface area contributed by atoms with E-state index in [1.807, 2.05) is 32.0 Å². The molecule has 1 heterocycles. The Balaban J connectivity index is 2.30. The van der Waals surface area contributed by atoms with E-state index < -0.39 is 11.9 Å². The molecule has 90 valence electrons. The monoisotopic (exact) mass is 233 g/mol. The fraction of sp³-hybridized carbons (Fsp3) is 0.385. The van der Waals surface area contributed by atoms with Gasteiger partial charge in [0.05, 0.1) is 0 Å².